The Morgan fingerprint density at radius 2 is 2.22 bits per heavy atom. The zero-order valence-electron chi connectivity index (χ0n) is 11.3. The molecule has 0 aliphatic rings. The van der Waals surface area contributed by atoms with Crippen LogP contribution in [0.1, 0.15) is 43.1 Å². The molecule has 3 nitrogen and oxygen atoms in total. The third-order valence-electron chi connectivity index (χ3n) is 2.70. The average molecular weight is 247 g/mol. The summed E-state index contributed by atoms with van der Waals surface area (Å²) in [7, 11) is 0. The molecule has 1 aromatic carbocycles. The van der Waals surface area contributed by atoms with Gasteiger partial charge in [-0.25, -0.2) is 0 Å². The van der Waals surface area contributed by atoms with Crippen LogP contribution in [0.15, 0.2) is 30.0 Å². The van der Waals surface area contributed by atoms with Gasteiger partial charge >= 0.3 is 0 Å². The van der Waals surface area contributed by atoms with Gasteiger partial charge in [-0.3, -0.25) is 4.79 Å². The molecule has 1 aromatic rings. The molecule has 0 fully saturated rings. The summed E-state index contributed by atoms with van der Waals surface area (Å²) in [6, 6.07) is 5.64. The number of carbonyl (C=O) groups excluding carboxylic acids is 1. The van der Waals surface area contributed by atoms with E-state index in [4.69, 9.17) is 4.74 Å². The van der Waals surface area contributed by atoms with Crippen molar-refractivity contribution in [2.75, 3.05) is 6.61 Å². The summed E-state index contributed by atoms with van der Waals surface area (Å²) >= 11 is 0. The second-order valence-electron chi connectivity index (χ2n) is 4.13. The number of hydrogen-bond acceptors (Lipinski definition) is 3. The number of benzene rings is 1. The highest BCUT2D eigenvalue weighted by Crippen LogP contribution is 2.23. The molecule has 3 heteroatoms. The molecule has 0 unspecified atom stereocenters. The normalized spacial score (nSPS) is 11.2. The van der Waals surface area contributed by atoms with Gasteiger partial charge in [-0.2, -0.15) is 0 Å². The summed E-state index contributed by atoms with van der Waals surface area (Å²) < 4.78 is 5.68. The smallest absolute Gasteiger partial charge is 0.153 e. The maximum absolute atomic E-state index is 11.0. The summed E-state index contributed by atoms with van der Waals surface area (Å²) in [6.07, 6.45) is 3.78. The van der Waals surface area contributed by atoms with Crippen molar-refractivity contribution in [3.05, 3.63) is 41.1 Å². The van der Waals surface area contributed by atoms with Gasteiger partial charge in [0.05, 0.1) is 12.2 Å². The highest BCUT2D eigenvalue weighted by Gasteiger charge is 2.08. The van der Waals surface area contributed by atoms with Crippen LogP contribution >= 0.6 is 0 Å². The number of carbonyl (C=O) groups is 1. The molecule has 0 saturated carbocycles. The van der Waals surface area contributed by atoms with Gasteiger partial charge in [-0.15, -0.1) is 0 Å². The molecule has 0 aliphatic carbocycles. The summed E-state index contributed by atoms with van der Waals surface area (Å²) in [5, 5.41) is 3.28. The third-order valence-corrected chi connectivity index (χ3v) is 2.70. The summed E-state index contributed by atoms with van der Waals surface area (Å²) in [4.78, 5) is 11.0. The number of aldehydes is 1. The van der Waals surface area contributed by atoms with E-state index in [0.29, 0.717) is 24.5 Å². The molecule has 0 heterocycles. The van der Waals surface area contributed by atoms with Crippen LogP contribution < -0.4 is 10.1 Å². The average Bonchev–Trinajstić information content (AvgIpc) is 2.42. The van der Waals surface area contributed by atoms with Crippen molar-refractivity contribution in [2.24, 2.45) is 0 Å². The molecule has 1 N–H and O–H groups in total. The van der Waals surface area contributed by atoms with Crippen LogP contribution in [0.3, 0.4) is 0 Å². The summed E-state index contributed by atoms with van der Waals surface area (Å²) in [5.74, 6) is 0.700. The lowest BCUT2D eigenvalue weighted by molar-refractivity contribution is 0.111. The molecule has 0 aromatic heterocycles. The Labute approximate surface area is 109 Å². The molecule has 0 aliphatic heterocycles. The van der Waals surface area contributed by atoms with Crippen LogP contribution in [0.4, 0.5) is 0 Å². The Morgan fingerprint density at radius 3 is 2.83 bits per heavy atom. The van der Waals surface area contributed by atoms with E-state index in [2.05, 4.69) is 5.32 Å². The summed E-state index contributed by atoms with van der Waals surface area (Å²) in [5.41, 5.74) is 2.73. The van der Waals surface area contributed by atoms with E-state index in [-0.39, 0.29) is 0 Å². The van der Waals surface area contributed by atoms with Crippen molar-refractivity contribution in [1.29, 1.82) is 0 Å². The number of hydrogen-bond donors (Lipinski definition) is 1. The van der Waals surface area contributed by atoms with E-state index in [1.807, 2.05) is 39.0 Å². The SMILES string of the molecule is CC=C(C)NCc1cccc(C=O)c1OCCC. The Bertz CT molecular complexity index is 425. The Hall–Kier alpha value is -1.77. The van der Waals surface area contributed by atoms with E-state index < -0.39 is 0 Å². The van der Waals surface area contributed by atoms with Crippen molar-refractivity contribution < 1.29 is 9.53 Å². The van der Waals surface area contributed by atoms with Gasteiger partial charge in [-0.05, 0) is 26.3 Å². The number of rotatable bonds is 7. The van der Waals surface area contributed by atoms with Gasteiger partial charge in [0.1, 0.15) is 5.75 Å². The lowest BCUT2D eigenvalue weighted by Crippen LogP contribution is -2.12. The van der Waals surface area contributed by atoms with Gasteiger partial charge in [-0.1, -0.05) is 25.1 Å². The maximum Gasteiger partial charge on any atom is 0.153 e. The van der Waals surface area contributed by atoms with Crippen molar-refractivity contribution >= 4 is 6.29 Å². The molecule has 0 spiro atoms. The third kappa shape index (κ3) is 3.91. The number of para-hydroxylation sites is 1. The zero-order chi connectivity index (χ0) is 13.4. The highest BCUT2D eigenvalue weighted by atomic mass is 16.5. The van der Waals surface area contributed by atoms with E-state index in [1.165, 1.54) is 0 Å². The fraction of sp³-hybridized carbons (Fsp3) is 0.400. The Balaban J connectivity index is 2.90. The molecule has 18 heavy (non-hydrogen) atoms. The highest BCUT2D eigenvalue weighted by molar-refractivity contribution is 5.80. The van der Waals surface area contributed by atoms with Crippen molar-refractivity contribution in [2.45, 2.75) is 33.7 Å². The van der Waals surface area contributed by atoms with E-state index in [1.54, 1.807) is 6.07 Å². The molecule has 0 saturated heterocycles. The minimum absolute atomic E-state index is 0.612. The van der Waals surface area contributed by atoms with Crippen LogP contribution in [-0.2, 0) is 6.54 Å². The van der Waals surface area contributed by atoms with Gasteiger partial charge in [0.25, 0.3) is 0 Å². The first-order valence-corrected chi connectivity index (χ1v) is 6.29. The molecule has 1 rings (SSSR count). The van der Waals surface area contributed by atoms with Crippen LogP contribution in [-0.4, -0.2) is 12.9 Å². The molecular weight excluding hydrogens is 226 g/mol. The molecule has 0 amide bonds. The topological polar surface area (TPSA) is 38.3 Å². The fourth-order valence-electron chi connectivity index (χ4n) is 1.55. The Kier molecular flexibility index (Phi) is 5.98. The molecule has 0 atom stereocenters. The zero-order valence-corrected chi connectivity index (χ0v) is 11.3. The minimum Gasteiger partial charge on any atom is -0.492 e. The molecular formula is C15H21NO2. The standard InChI is InChI=1S/C15H21NO2/c1-4-9-18-15-13(10-16-12(3)5-2)7-6-8-14(15)11-17/h5-8,11,16H,4,9-10H2,1-3H3. The predicted molar refractivity (Wildman–Crippen MR) is 73.9 cm³/mol. The van der Waals surface area contributed by atoms with Crippen LogP contribution in [0.2, 0.25) is 0 Å². The number of allylic oxidation sites excluding steroid dienone is 2. The van der Waals surface area contributed by atoms with Gasteiger partial charge in [0.2, 0.25) is 0 Å². The fourth-order valence-corrected chi connectivity index (χ4v) is 1.55. The number of nitrogens with one attached hydrogen (secondary N) is 1. The minimum atomic E-state index is 0.612. The first-order chi connectivity index (χ1) is 8.72. The maximum atomic E-state index is 11.0. The van der Waals surface area contributed by atoms with E-state index in [9.17, 15) is 4.79 Å². The first-order valence-electron chi connectivity index (χ1n) is 6.29. The lowest BCUT2D eigenvalue weighted by Gasteiger charge is -2.14. The second kappa shape index (κ2) is 7.54. The van der Waals surface area contributed by atoms with Crippen molar-refractivity contribution in [3.63, 3.8) is 0 Å². The van der Waals surface area contributed by atoms with Gasteiger partial charge < -0.3 is 10.1 Å². The predicted octanol–water partition coefficient (Wildman–Crippen LogP) is 3.30. The van der Waals surface area contributed by atoms with Gasteiger partial charge in [0.15, 0.2) is 6.29 Å². The summed E-state index contributed by atoms with van der Waals surface area (Å²) in [6.45, 7) is 7.33. The molecule has 0 bridgehead atoms. The number of ether oxygens (including phenoxy) is 1. The van der Waals surface area contributed by atoms with Gasteiger partial charge in [0, 0.05) is 17.8 Å². The monoisotopic (exact) mass is 247 g/mol. The molecule has 0 radical (unpaired) electrons. The first kappa shape index (κ1) is 14.3. The second-order valence-corrected chi connectivity index (χ2v) is 4.13. The Morgan fingerprint density at radius 1 is 1.44 bits per heavy atom. The largest absolute Gasteiger partial charge is 0.492 e. The van der Waals surface area contributed by atoms with Crippen molar-refractivity contribution in [1.82, 2.24) is 5.32 Å². The molecule has 98 valence electrons. The van der Waals surface area contributed by atoms with E-state index >= 15 is 0 Å². The quantitative estimate of drug-likeness (QED) is 0.751. The van der Waals surface area contributed by atoms with E-state index in [0.717, 1.165) is 24.0 Å². The lowest BCUT2D eigenvalue weighted by atomic mass is 10.1. The van der Waals surface area contributed by atoms with Crippen LogP contribution in [0, 0.1) is 0 Å². The van der Waals surface area contributed by atoms with Crippen molar-refractivity contribution in [3.8, 4) is 5.75 Å². The van der Waals surface area contributed by atoms with Crippen LogP contribution in [0.25, 0.3) is 0 Å². The van der Waals surface area contributed by atoms with Crippen LogP contribution in [0.5, 0.6) is 5.75 Å².